The molecule has 12 heteroatoms. The van der Waals surface area contributed by atoms with Crippen LogP contribution in [0.2, 0.25) is 0 Å². The van der Waals surface area contributed by atoms with Gasteiger partial charge in [-0.3, -0.25) is 14.3 Å². The van der Waals surface area contributed by atoms with E-state index in [0.29, 0.717) is 5.56 Å². The second kappa shape index (κ2) is 10.3. The molecule has 0 saturated carbocycles. The average Bonchev–Trinajstić information content (AvgIpc) is 3.13. The SMILES string of the molecule is CC(C)(C)C(NC(=O)c1nn(Cc2ccc(F)cc2)c2c(F)c(F)ccc12)C(=O)NCCS(C)(=O)=O. The zero-order chi connectivity index (χ0) is 26.8. The Morgan fingerprint density at radius 1 is 1.06 bits per heavy atom. The van der Waals surface area contributed by atoms with E-state index in [2.05, 4.69) is 15.7 Å². The number of hydrogen-bond donors (Lipinski definition) is 2. The van der Waals surface area contributed by atoms with E-state index in [1.165, 1.54) is 30.3 Å². The van der Waals surface area contributed by atoms with Crippen molar-refractivity contribution in [1.29, 1.82) is 0 Å². The number of aromatic nitrogens is 2. The summed E-state index contributed by atoms with van der Waals surface area (Å²) in [4.78, 5) is 26.0. The maximum absolute atomic E-state index is 14.8. The third-order valence-electron chi connectivity index (χ3n) is 5.44. The van der Waals surface area contributed by atoms with E-state index in [-0.39, 0.29) is 35.4 Å². The quantitative estimate of drug-likeness (QED) is 0.471. The van der Waals surface area contributed by atoms with Crippen molar-refractivity contribution in [3.05, 3.63) is 65.1 Å². The molecule has 0 aliphatic heterocycles. The van der Waals surface area contributed by atoms with Gasteiger partial charge in [-0.05, 0) is 35.2 Å². The fourth-order valence-electron chi connectivity index (χ4n) is 3.59. The number of hydrogen-bond acceptors (Lipinski definition) is 5. The summed E-state index contributed by atoms with van der Waals surface area (Å²) in [5.41, 5.74) is -0.734. The fourth-order valence-corrected chi connectivity index (χ4v) is 4.06. The molecule has 3 rings (SSSR count). The molecule has 0 saturated heterocycles. The van der Waals surface area contributed by atoms with Gasteiger partial charge in [0.2, 0.25) is 5.91 Å². The van der Waals surface area contributed by atoms with Crippen LogP contribution in [-0.2, 0) is 21.2 Å². The number of sulfone groups is 1. The summed E-state index contributed by atoms with van der Waals surface area (Å²) in [6, 6.07) is 6.33. The Morgan fingerprint density at radius 3 is 2.28 bits per heavy atom. The topological polar surface area (TPSA) is 110 Å². The highest BCUT2D eigenvalue weighted by molar-refractivity contribution is 7.90. The molecule has 0 aliphatic rings. The Bertz CT molecular complexity index is 1400. The number of amides is 2. The summed E-state index contributed by atoms with van der Waals surface area (Å²) in [6.45, 7) is 4.90. The van der Waals surface area contributed by atoms with Crippen molar-refractivity contribution in [1.82, 2.24) is 20.4 Å². The number of nitrogens with one attached hydrogen (secondary N) is 2. The van der Waals surface area contributed by atoms with Gasteiger partial charge >= 0.3 is 0 Å². The van der Waals surface area contributed by atoms with Crippen LogP contribution in [0.15, 0.2) is 36.4 Å². The van der Waals surface area contributed by atoms with Gasteiger partial charge in [-0.1, -0.05) is 32.9 Å². The second-order valence-corrected chi connectivity index (χ2v) is 11.8. The molecule has 2 aromatic carbocycles. The van der Waals surface area contributed by atoms with E-state index in [1.54, 1.807) is 20.8 Å². The number of fused-ring (bicyclic) bond motifs is 1. The normalized spacial score (nSPS) is 13.0. The fraction of sp³-hybridized carbons (Fsp3) is 0.375. The average molecular weight is 525 g/mol. The third-order valence-corrected chi connectivity index (χ3v) is 6.39. The molecule has 0 aliphatic carbocycles. The molecule has 8 nitrogen and oxygen atoms in total. The predicted octanol–water partition coefficient (Wildman–Crippen LogP) is 2.81. The van der Waals surface area contributed by atoms with Crippen LogP contribution >= 0.6 is 0 Å². The number of rotatable bonds is 8. The van der Waals surface area contributed by atoms with Crippen LogP contribution in [0.1, 0.15) is 36.8 Å². The summed E-state index contributed by atoms with van der Waals surface area (Å²) in [5.74, 6) is -4.48. The van der Waals surface area contributed by atoms with Crippen LogP contribution in [0.4, 0.5) is 13.2 Å². The molecule has 1 unspecified atom stereocenters. The van der Waals surface area contributed by atoms with Crippen LogP contribution in [0.5, 0.6) is 0 Å². The summed E-state index contributed by atoms with van der Waals surface area (Å²) in [5, 5.41) is 9.31. The maximum atomic E-state index is 14.8. The van der Waals surface area contributed by atoms with Crippen molar-refractivity contribution in [2.24, 2.45) is 5.41 Å². The zero-order valence-corrected chi connectivity index (χ0v) is 21.0. The van der Waals surface area contributed by atoms with Crippen LogP contribution < -0.4 is 10.6 Å². The van der Waals surface area contributed by atoms with Gasteiger partial charge in [-0.25, -0.2) is 21.6 Å². The Balaban J connectivity index is 1.94. The summed E-state index contributed by atoms with van der Waals surface area (Å²) in [7, 11) is -3.31. The highest BCUT2D eigenvalue weighted by atomic mass is 32.2. The Labute approximate surface area is 206 Å². The molecule has 3 aromatic rings. The molecular formula is C24H27F3N4O4S. The highest BCUT2D eigenvalue weighted by Crippen LogP contribution is 2.26. The Hall–Kier alpha value is -3.41. The van der Waals surface area contributed by atoms with Gasteiger partial charge in [0.1, 0.15) is 27.2 Å². The van der Waals surface area contributed by atoms with Gasteiger partial charge in [0, 0.05) is 18.2 Å². The van der Waals surface area contributed by atoms with Crippen molar-refractivity contribution < 1.29 is 31.2 Å². The van der Waals surface area contributed by atoms with Crippen LogP contribution in [0.25, 0.3) is 10.9 Å². The second-order valence-electron chi connectivity index (χ2n) is 9.58. The number of benzene rings is 2. The first-order valence-corrected chi connectivity index (χ1v) is 13.1. The van der Waals surface area contributed by atoms with Crippen molar-refractivity contribution in [3.8, 4) is 0 Å². The van der Waals surface area contributed by atoms with Crippen LogP contribution in [0.3, 0.4) is 0 Å². The van der Waals surface area contributed by atoms with Gasteiger partial charge in [-0.2, -0.15) is 5.10 Å². The minimum Gasteiger partial charge on any atom is -0.353 e. The number of halogens is 3. The van der Waals surface area contributed by atoms with Crippen molar-refractivity contribution in [2.45, 2.75) is 33.4 Å². The van der Waals surface area contributed by atoms with Gasteiger partial charge in [-0.15, -0.1) is 0 Å². The number of carbonyl (C=O) groups excluding carboxylic acids is 2. The minimum absolute atomic E-state index is 0.0265. The largest absolute Gasteiger partial charge is 0.353 e. The van der Waals surface area contributed by atoms with E-state index >= 15 is 0 Å². The standard InChI is InChI=1S/C24H27F3N4O4S/c1-24(2,3)21(23(33)28-11-12-36(4,34)35)29-22(32)19-16-9-10-17(26)18(27)20(16)31(30-19)13-14-5-7-15(25)8-6-14/h5-10,21H,11-13H2,1-4H3,(H,28,33)(H,29,32). The zero-order valence-electron chi connectivity index (χ0n) is 20.2. The number of nitrogens with zero attached hydrogens (tertiary/aromatic N) is 2. The highest BCUT2D eigenvalue weighted by Gasteiger charge is 2.34. The van der Waals surface area contributed by atoms with Gasteiger partial charge < -0.3 is 10.6 Å². The van der Waals surface area contributed by atoms with Gasteiger partial charge in [0.25, 0.3) is 5.91 Å². The van der Waals surface area contributed by atoms with Gasteiger partial charge in [0.15, 0.2) is 17.3 Å². The van der Waals surface area contributed by atoms with E-state index < -0.39 is 50.6 Å². The smallest absolute Gasteiger partial charge is 0.273 e. The predicted molar refractivity (Wildman–Crippen MR) is 129 cm³/mol. The lowest BCUT2D eigenvalue weighted by atomic mass is 9.86. The molecule has 1 heterocycles. The van der Waals surface area contributed by atoms with E-state index in [0.717, 1.165) is 17.0 Å². The third kappa shape index (κ3) is 6.42. The molecule has 0 radical (unpaired) electrons. The molecule has 1 atom stereocenters. The summed E-state index contributed by atoms with van der Waals surface area (Å²) in [6.07, 6.45) is 1.04. The molecule has 1 aromatic heterocycles. The van der Waals surface area contributed by atoms with Crippen molar-refractivity contribution >= 4 is 32.6 Å². The first-order valence-electron chi connectivity index (χ1n) is 11.0. The Kier molecular flexibility index (Phi) is 7.77. The molecule has 194 valence electrons. The maximum Gasteiger partial charge on any atom is 0.273 e. The van der Waals surface area contributed by atoms with E-state index in [1.807, 2.05) is 0 Å². The number of carbonyl (C=O) groups is 2. The lowest BCUT2D eigenvalue weighted by Crippen LogP contribution is -2.54. The van der Waals surface area contributed by atoms with Crippen LogP contribution in [0, 0.1) is 22.9 Å². The first-order chi connectivity index (χ1) is 16.7. The molecule has 0 bridgehead atoms. The Morgan fingerprint density at radius 2 is 1.69 bits per heavy atom. The lowest BCUT2D eigenvalue weighted by Gasteiger charge is -2.30. The summed E-state index contributed by atoms with van der Waals surface area (Å²) >= 11 is 0. The molecule has 2 N–H and O–H groups in total. The molecule has 0 fully saturated rings. The molecule has 36 heavy (non-hydrogen) atoms. The monoisotopic (exact) mass is 524 g/mol. The first kappa shape index (κ1) is 27.2. The lowest BCUT2D eigenvalue weighted by molar-refractivity contribution is -0.125. The molecule has 0 spiro atoms. The van der Waals surface area contributed by atoms with E-state index in [9.17, 15) is 31.2 Å². The molecule has 2 amide bonds. The summed E-state index contributed by atoms with van der Waals surface area (Å²) < 4.78 is 65.9. The van der Waals surface area contributed by atoms with Crippen molar-refractivity contribution in [2.75, 3.05) is 18.6 Å². The van der Waals surface area contributed by atoms with Gasteiger partial charge in [0.05, 0.1) is 12.3 Å². The van der Waals surface area contributed by atoms with Crippen molar-refractivity contribution in [3.63, 3.8) is 0 Å². The minimum atomic E-state index is -3.31. The van der Waals surface area contributed by atoms with Crippen LogP contribution in [-0.4, -0.2) is 54.6 Å². The molecular weight excluding hydrogens is 497 g/mol. The van der Waals surface area contributed by atoms with E-state index in [4.69, 9.17) is 0 Å².